The van der Waals surface area contributed by atoms with E-state index >= 15 is 0 Å². The molecule has 0 saturated heterocycles. The van der Waals surface area contributed by atoms with Crippen LogP contribution in [0.25, 0.3) is 0 Å². The molecule has 0 aliphatic heterocycles. The van der Waals surface area contributed by atoms with Crippen LogP contribution < -0.4 is 4.90 Å². The lowest BCUT2D eigenvalue weighted by Gasteiger charge is -2.20. The van der Waals surface area contributed by atoms with Gasteiger partial charge < -0.3 is 19.1 Å². The van der Waals surface area contributed by atoms with Crippen molar-refractivity contribution in [2.75, 3.05) is 39.5 Å². The summed E-state index contributed by atoms with van der Waals surface area (Å²) in [4.78, 5) is 35.9. The van der Waals surface area contributed by atoms with Gasteiger partial charge in [-0.15, -0.1) is 0 Å². The van der Waals surface area contributed by atoms with Gasteiger partial charge in [0.1, 0.15) is 11.8 Å². The average Bonchev–Trinajstić information content (AvgIpc) is 2.63. The molecule has 0 fully saturated rings. The van der Waals surface area contributed by atoms with E-state index in [9.17, 15) is 14.4 Å². The van der Waals surface area contributed by atoms with Gasteiger partial charge in [-0.25, -0.2) is 0 Å². The van der Waals surface area contributed by atoms with E-state index in [1.165, 1.54) is 4.90 Å². The molecule has 1 N–H and O–H groups in total. The lowest BCUT2D eigenvalue weighted by Crippen LogP contribution is -3.12. The van der Waals surface area contributed by atoms with Crippen LogP contribution >= 0.6 is 67.8 Å². The minimum Gasteiger partial charge on any atom is -0.465 e. The highest BCUT2D eigenvalue weighted by Gasteiger charge is 2.14. The van der Waals surface area contributed by atoms with Crippen molar-refractivity contribution in [2.24, 2.45) is 0 Å². The van der Waals surface area contributed by atoms with Gasteiger partial charge in [0.15, 0.2) is 0 Å². The van der Waals surface area contributed by atoms with Crippen molar-refractivity contribution in [1.82, 2.24) is 0 Å². The Hall–Kier alpha value is 0.560. The summed E-state index contributed by atoms with van der Waals surface area (Å²) in [5.74, 6) is -0.578. The Kier molecular flexibility index (Phi) is 17.6. The van der Waals surface area contributed by atoms with Gasteiger partial charge in [0.2, 0.25) is 0 Å². The van der Waals surface area contributed by atoms with Gasteiger partial charge in [-0.05, 0) is 20.8 Å². The maximum Gasteiger partial charge on any atom is 0.318 e. The van der Waals surface area contributed by atoms with Crippen LogP contribution in [0.5, 0.6) is 0 Å². The quantitative estimate of drug-likeness (QED) is 0.0913. The van der Waals surface area contributed by atoms with Crippen LogP contribution in [0.15, 0.2) is 0 Å². The molecule has 0 bridgehead atoms. The molecule has 3 unspecified atom stereocenters. The molecule has 164 valence electrons. The Balaban J connectivity index is 4.23. The van der Waals surface area contributed by atoms with Gasteiger partial charge in [-0.3, -0.25) is 14.4 Å². The van der Waals surface area contributed by atoms with Crippen molar-refractivity contribution < 1.29 is 33.5 Å². The number of quaternary nitrogens is 1. The number of alkyl halides is 3. The Labute approximate surface area is 208 Å². The molecule has 0 aromatic carbocycles. The third-order valence-electron chi connectivity index (χ3n) is 3.73. The largest absolute Gasteiger partial charge is 0.465 e. The van der Waals surface area contributed by atoms with Crippen molar-refractivity contribution in [1.29, 1.82) is 0 Å². The predicted octanol–water partition coefficient (Wildman–Crippen LogP) is 2.14. The van der Waals surface area contributed by atoms with Crippen LogP contribution in [0.1, 0.15) is 40.0 Å². The molecule has 0 aliphatic carbocycles. The smallest absolute Gasteiger partial charge is 0.318 e. The molecular formula is C18H31I3NO6+. The van der Waals surface area contributed by atoms with E-state index in [1.807, 2.05) is 67.8 Å². The standard InChI is InChI=1S/C18H30I3NO6/c1-13(19)16(23)26-10-4-7-22(8-5-11-27-17(24)14(2)20)9-6-12-28-18(25)15(3)21/h13-15H,4-12H2,1-3H3/p+1. The fourth-order valence-corrected chi connectivity index (χ4v) is 2.74. The Morgan fingerprint density at radius 3 is 1.11 bits per heavy atom. The zero-order valence-electron chi connectivity index (χ0n) is 16.7. The highest BCUT2D eigenvalue weighted by atomic mass is 127. The van der Waals surface area contributed by atoms with Crippen LogP contribution in [0.4, 0.5) is 0 Å². The molecular weight excluding hydrogens is 707 g/mol. The number of hydrogen-bond donors (Lipinski definition) is 1. The van der Waals surface area contributed by atoms with Gasteiger partial charge in [0.25, 0.3) is 0 Å². The first kappa shape index (κ1) is 28.6. The van der Waals surface area contributed by atoms with Crippen LogP contribution in [-0.4, -0.2) is 69.1 Å². The van der Waals surface area contributed by atoms with Gasteiger partial charge in [-0.1, -0.05) is 67.8 Å². The predicted molar refractivity (Wildman–Crippen MR) is 133 cm³/mol. The second kappa shape index (κ2) is 17.3. The fraction of sp³-hybridized carbons (Fsp3) is 0.833. The van der Waals surface area contributed by atoms with Crippen molar-refractivity contribution >= 4 is 85.7 Å². The first-order valence-corrected chi connectivity index (χ1v) is 13.1. The highest BCUT2D eigenvalue weighted by Crippen LogP contribution is 2.02. The molecule has 0 radical (unpaired) electrons. The second-order valence-corrected chi connectivity index (χ2v) is 12.0. The molecule has 0 aromatic rings. The fourth-order valence-electron chi connectivity index (χ4n) is 2.20. The molecule has 0 rings (SSSR count). The number of carbonyl (C=O) groups excluding carboxylic acids is 3. The second-order valence-electron chi connectivity index (χ2n) is 6.41. The maximum absolute atomic E-state index is 11.5. The molecule has 0 amide bonds. The SMILES string of the molecule is CC(I)C(=O)OCCC[NH+](CCCOC(=O)C(C)I)CCCOC(=O)C(C)I. The topological polar surface area (TPSA) is 83.3 Å². The third-order valence-corrected chi connectivity index (χ3v) is 5.26. The minimum absolute atomic E-state index is 0.147. The van der Waals surface area contributed by atoms with Gasteiger partial charge >= 0.3 is 17.9 Å². The van der Waals surface area contributed by atoms with Crippen molar-refractivity contribution in [3.8, 4) is 0 Å². The molecule has 0 heterocycles. The van der Waals surface area contributed by atoms with Gasteiger partial charge in [0.05, 0.1) is 39.5 Å². The number of hydrogen-bond acceptors (Lipinski definition) is 6. The summed E-state index contributed by atoms with van der Waals surface area (Å²) in [5.41, 5.74) is 0. The number of ether oxygens (including phenoxy) is 3. The van der Waals surface area contributed by atoms with Crippen molar-refractivity contribution in [2.45, 2.75) is 51.8 Å². The van der Waals surface area contributed by atoms with Crippen LogP contribution in [0.2, 0.25) is 0 Å². The van der Waals surface area contributed by atoms with Gasteiger partial charge in [0, 0.05) is 19.3 Å². The zero-order valence-corrected chi connectivity index (χ0v) is 23.2. The summed E-state index contributed by atoms with van der Waals surface area (Å²) in [6.45, 7) is 9.14. The summed E-state index contributed by atoms with van der Waals surface area (Å²) in [6, 6.07) is 0. The third kappa shape index (κ3) is 15.4. The first-order chi connectivity index (χ1) is 13.1. The molecule has 0 aliphatic rings. The molecule has 28 heavy (non-hydrogen) atoms. The number of esters is 3. The van der Waals surface area contributed by atoms with E-state index in [4.69, 9.17) is 14.2 Å². The monoisotopic (exact) mass is 738 g/mol. The molecule has 0 spiro atoms. The summed E-state index contributed by atoms with van der Waals surface area (Å²) in [6.07, 6.45) is 2.29. The van der Waals surface area contributed by atoms with Crippen molar-refractivity contribution in [3.05, 3.63) is 0 Å². The lowest BCUT2D eigenvalue weighted by molar-refractivity contribution is -0.900. The van der Waals surface area contributed by atoms with E-state index < -0.39 is 0 Å². The normalized spacial score (nSPS) is 15.2. The molecule has 7 nitrogen and oxygen atoms in total. The van der Waals surface area contributed by atoms with Crippen LogP contribution in [0.3, 0.4) is 0 Å². The van der Waals surface area contributed by atoms with Crippen molar-refractivity contribution in [3.63, 3.8) is 0 Å². The Bertz CT molecular complexity index is 408. The summed E-state index contributed by atoms with van der Waals surface area (Å²) >= 11 is 6.10. The Morgan fingerprint density at radius 1 is 0.643 bits per heavy atom. The Morgan fingerprint density at radius 2 is 0.893 bits per heavy atom. The molecule has 0 saturated carbocycles. The van der Waals surface area contributed by atoms with E-state index in [0.29, 0.717) is 19.8 Å². The summed E-state index contributed by atoms with van der Waals surface area (Å²) in [7, 11) is 0. The van der Waals surface area contributed by atoms with E-state index in [0.717, 1.165) is 38.9 Å². The molecule has 0 aromatic heterocycles. The lowest BCUT2D eigenvalue weighted by atomic mass is 10.3. The van der Waals surface area contributed by atoms with Crippen LogP contribution in [-0.2, 0) is 28.6 Å². The summed E-state index contributed by atoms with van der Waals surface area (Å²) in [5, 5.41) is 0. The zero-order chi connectivity index (χ0) is 21.5. The van der Waals surface area contributed by atoms with E-state index in [1.54, 1.807) is 20.8 Å². The summed E-state index contributed by atoms with van der Waals surface area (Å²) < 4.78 is 15.2. The van der Waals surface area contributed by atoms with Gasteiger partial charge in [-0.2, -0.15) is 0 Å². The number of nitrogens with one attached hydrogen (secondary N) is 1. The van der Waals surface area contributed by atoms with E-state index in [2.05, 4.69) is 0 Å². The number of halogens is 3. The average molecular weight is 738 g/mol. The molecule has 3 atom stereocenters. The first-order valence-electron chi connectivity index (χ1n) is 9.40. The minimum atomic E-state index is -0.193. The number of rotatable bonds is 15. The highest BCUT2D eigenvalue weighted by molar-refractivity contribution is 14.1. The van der Waals surface area contributed by atoms with E-state index in [-0.39, 0.29) is 29.7 Å². The van der Waals surface area contributed by atoms with Crippen LogP contribution in [0, 0.1) is 0 Å². The number of carbonyl (C=O) groups is 3. The molecule has 10 heteroatoms. The maximum atomic E-state index is 11.5.